The van der Waals surface area contributed by atoms with E-state index in [2.05, 4.69) is 29.7 Å². The minimum absolute atomic E-state index is 0.370. The van der Waals surface area contributed by atoms with Crippen LogP contribution in [0.1, 0.15) is 18.6 Å². The molecule has 0 N–H and O–H groups in total. The summed E-state index contributed by atoms with van der Waals surface area (Å²) in [6, 6.07) is 9.56. The molecule has 0 aromatic heterocycles. The molecule has 6 heteroatoms. The van der Waals surface area contributed by atoms with Crippen molar-refractivity contribution in [1.29, 1.82) is 0 Å². The van der Waals surface area contributed by atoms with E-state index in [1.165, 1.54) is 0 Å². The minimum atomic E-state index is -1.82. The highest BCUT2D eigenvalue weighted by Gasteiger charge is 2.30. The summed E-state index contributed by atoms with van der Waals surface area (Å²) in [5, 5.41) is 3.18. The Hall–Kier alpha value is -1.62. The van der Waals surface area contributed by atoms with Crippen molar-refractivity contribution in [3.63, 3.8) is 0 Å². The van der Waals surface area contributed by atoms with Gasteiger partial charge in [0.1, 0.15) is 0 Å². The van der Waals surface area contributed by atoms with Gasteiger partial charge in [0.05, 0.1) is 12.0 Å². The maximum Gasteiger partial charge on any atom is 0.224 e. The van der Waals surface area contributed by atoms with Crippen LogP contribution in [0.4, 0.5) is 0 Å². The first-order valence-corrected chi connectivity index (χ1v) is 9.57. The molecule has 5 nitrogen and oxygen atoms in total. The molecule has 0 fully saturated rings. The summed E-state index contributed by atoms with van der Waals surface area (Å²) >= 11 is 0. The molecule has 0 spiro atoms. The molecule has 0 bridgehead atoms. The predicted octanol–water partition coefficient (Wildman–Crippen LogP) is 4.05. The fourth-order valence-corrected chi connectivity index (χ4v) is 2.85. The molecule has 0 radical (unpaired) electrons. The molecule has 0 aliphatic carbocycles. The largest absolute Gasteiger partial charge is 0.410 e. The molecule has 0 saturated carbocycles. The quantitative estimate of drug-likeness (QED) is 0.352. The summed E-state index contributed by atoms with van der Waals surface area (Å²) in [5.41, 5.74) is 9.31. The second kappa shape index (κ2) is 6.52. The van der Waals surface area contributed by atoms with Gasteiger partial charge in [-0.25, -0.2) is 0 Å². The maximum atomic E-state index is 11.8. The van der Waals surface area contributed by atoms with Gasteiger partial charge in [-0.2, -0.15) is 0 Å². The van der Waals surface area contributed by atoms with Crippen LogP contribution >= 0.6 is 0 Å². The van der Waals surface area contributed by atoms with Crippen LogP contribution < -0.4 is 0 Å². The van der Waals surface area contributed by atoms with Crippen LogP contribution in [0.2, 0.25) is 19.6 Å². The van der Waals surface area contributed by atoms with E-state index in [1.807, 2.05) is 30.3 Å². The number of nitrogens with zero attached hydrogens (tertiary/aromatic N) is 3. The molecule has 0 aliphatic rings. The summed E-state index contributed by atoms with van der Waals surface area (Å²) in [5.74, 6) is -0.986. The first kappa shape index (κ1) is 15.4. The van der Waals surface area contributed by atoms with E-state index >= 15 is 0 Å². The van der Waals surface area contributed by atoms with Crippen molar-refractivity contribution in [1.82, 2.24) is 0 Å². The van der Waals surface area contributed by atoms with E-state index in [0.29, 0.717) is 0 Å². The number of benzene rings is 1. The first-order valence-electron chi connectivity index (χ1n) is 6.17. The molecule has 0 aliphatic heterocycles. The van der Waals surface area contributed by atoms with Gasteiger partial charge in [-0.1, -0.05) is 37.3 Å². The van der Waals surface area contributed by atoms with Gasteiger partial charge in [0, 0.05) is 4.91 Å². The third-order valence-electron chi connectivity index (χ3n) is 2.60. The fourth-order valence-electron chi connectivity index (χ4n) is 1.75. The maximum absolute atomic E-state index is 11.8. The normalized spacial score (nSPS) is 14.3. The first-order chi connectivity index (χ1) is 8.85. The molecule has 0 saturated heterocycles. The third kappa shape index (κ3) is 4.87. The number of hydrogen-bond acceptors (Lipinski definition) is 2. The Kier molecular flexibility index (Phi) is 5.29. The summed E-state index contributed by atoms with van der Waals surface area (Å²) in [6.45, 7) is 7.92. The Bertz CT molecular complexity index is 478. The SMILES string of the molecule is C[C@@H](C(=O)N=[N+]=[N-])[C@H](O[Si](C)(C)C)c1ccccc1. The molecular weight excluding hydrogens is 258 g/mol. The molecule has 1 rings (SSSR count). The Morgan fingerprint density at radius 3 is 2.37 bits per heavy atom. The lowest BCUT2D eigenvalue weighted by Crippen LogP contribution is -2.32. The van der Waals surface area contributed by atoms with E-state index in [-0.39, 0.29) is 6.10 Å². The van der Waals surface area contributed by atoms with E-state index in [0.717, 1.165) is 5.56 Å². The lowest BCUT2D eigenvalue weighted by Gasteiger charge is -2.30. The van der Waals surface area contributed by atoms with Crippen molar-refractivity contribution in [2.24, 2.45) is 11.0 Å². The standard InChI is InChI=1S/C13H19N3O2Si/c1-10(13(17)15-16-14)12(18-19(2,3)4)11-8-6-5-7-9-11/h5-10,12H,1-4H3/t10-,12+/m1/s1. The zero-order valence-electron chi connectivity index (χ0n) is 11.7. The second-order valence-electron chi connectivity index (χ2n) is 5.38. The Balaban J connectivity index is 3.06. The number of azide groups is 1. The molecular formula is C13H19N3O2Si. The Morgan fingerprint density at radius 2 is 1.89 bits per heavy atom. The molecule has 1 aromatic rings. The van der Waals surface area contributed by atoms with Crippen molar-refractivity contribution >= 4 is 14.2 Å². The van der Waals surface area contributed by atoms with E-state index in [9.17, 15) is 4.79 Å². The van der Waals surface area contributed by atoms with Gasteiger partial charge in [0.15, 0.2) is 8.32 Å². The van der Waals surface area contributed by atoms with Crippen LogP contribution in [0.3, 0.4) is 0 Å². The van der Waals surface area contributed by atoms with E-state index in [4.69, 9.17) is 9.96 Å². The van der Waals surface area contributed by atoms with Crippen molar-refractivity contribution in [3.05, 3.63) is 46.3 Å². The van der Waals surface area contributed by atoms with Crippen LogP contribution in [0, 0.1) is 5.92 Å². The van der Waals surface area contributed by atoms with Crippen molar-refractivity contribution < 1.29 is 9.22 Å². The lowest BCUT2D eigenvalue weighted by atomic mass is 9.97. The van der Waals surface area contributed by atoms with Gasteiger partial charge < -0.3 is 4.43 Å². The van der Waals surface area contributed by atoms with Gasteiger partial charge in [0.2, 0.25) is 5.91 Å². The fraction of sp³-hybridized carbons (Fsp3) is 0.462. The number of amides is 1. The zero-order valence-corrected chi connectivity index (χ0v) is 12.7. The third-order valence-corrected chi connectivity index (χ3v) is 3.56. The molecule has 0 heterocycles. The average molecular weight is 277 g/mol. The number of carbonyl (C=O) groups is 1. The summed E-state index contributed by atoms with van der Waals surface area (Å²) in [6.07, 6.45) is -0.370. The van der Waals surface area contributed by atoms with Crippen LogP contribution in [-0.4, -0.2) is 14.2 Å². The monoisotopic (exact) mass is 277 g/mol. The van der Waals surface area contributed by atoms with Crippen LogP contribution in [-0.2, 0) is 9.22 Å². The highest BCUT2D eigenvalue weighted by molar-refractivity contribution is 6.69. The van der Waals surface area contributed by atoms with Crippen molar-refractivity contribution in [2.75, 3.05) is 0 Å². The minimum Gasteiger partial charge on any atom is -0.410 e. The van der Waals surface area contributed by atoms with E-state index < -0.39 is 20.1 Å². The van der Waals surface area contributed by atoms with Gasteiger partial charge in [0.25, 0.3) is 0 Å². The average Bonchev–Trinajstić information content (AvgIpc) is 2.35. The molecule has 0 unspecified atom stereocenters. The highest BCUT2D eigenvalue weighted by Crippen LogP contribution is 2.30. The van der Waals surface area contributed by atoms with Gasteiger partial charge >= 0.3 is 0 Å². The molecule has 1 aromatic carbocycles. The second-order valence-corrected chi connectivity index (χ2v) is 9.84. The van der Waals surface area contributed by atoms with Gasteiger partial charge in [-0.05, 0) is 35.8 Å². The number of rotatable bonds is 5. The van der Waals surface area contributed by atoms with Gasteiger partial charge in [-0.15, -0.1) is 0 Å². The summed E-state index contributed by atoms with van der Waals surface area (Å²) in [4.78, 5) is 14.3. The smallest absolute Gasteiger partial charge is 0.224 e. The molecule has 102 valence electrons. The highest BCUT2D eigenvalue weighted by atomic mass is 28.4. The van der Waals surface area contributed by atoms with Crippen LogP contribution in [0.25, 0.3) is 10.4 Å². The topological polar surface area (TPSA) is 75.1 Å². The Morgan fingerprint density at radius 1 is 1.32 bits per heavy atom. The van der Waals surface area contributed by atoms with Gasteiger partial charge in [-0.3, -0.25) is 4.79 Å². The van der Waals surface area contributed by atoms with E-state index in [1.54, 1.807) is 6.92 Å². The lowest BCUT2D eigenvalue weighted by molar-refractivity contribution is -0.124. The molecule has 1 amide bonds. The van der Waals surface area contributed by atoms with Crippen molar-refractivity contribution in [3.8, 4) is 0 Å². The van der Waals surface area contributed by atoms with Crippen molar-refractivity contribution in [2.45, 2.75) is 32.7 Å². The predicted molar refractivity (Wildman–Crippen MR) is 76.9 cm³/mol. The molecule has 2 atom stereocenters. The number of hydrogen-bond donors (Lipinski definition) is 0. The Labute approximate surface area is 114 Å². The van der Waals surface area contributed by atoms with Crippen LogP contribution in [0.15, 0.2) is 35.4 Å². The number of carbonyl (C=O) groups excluding carboxylic acids is 1. The molecule has 19 heavy (non-hydrogen) atoms. The van der Waals surface area contributed by atoms with Crippen LogP contribution in [0.5, 0.6) is 0 Å². The summed E-state index contributed by atoms with van der Waals surface area (Å²) < 4.78 is 6.09. The summed E-state index contributed by atoms with van der Waals surface area (Å²) in [7, 11) is -1.82. The zero-order chi connectivity index (χ0) is 14.5.